The fraction of sp³-hybridized carbons (Fsp3) is 0.772. The summed E-state index contributed by atoms with van der Waals surface area (Å²) in [5.74, 6) is 0.794. The van der Waals surface area contributed by atoms with Crippen molar-refractivity contribution in [1.82, 2.24) is 4.90 Å². The van der Waals surface area contributed by atoms with Gasteiger partial charge >= 0.3 is 5.97 Å². The van der Waals surface area contributed by atoms with Crippen LogP contribution in [0.15, 0.2) is 61.4 Å². The zero-order chi connectivity index (χ0) is 45.7. The summed E-state index contributed by atoms with van der Waals surface area (Å²) in [4.78, 5) is 15.6. The Labute approximate surface area is 390 Å². The van der Waals surface area contributed by atoms with Crippen molar-refractivity contribution >= 4 is 5.97 Å². The number of carbonyl (C=O) groups excluding carboxylic acids is 1. The Morgan fingerprint density at radius 2 is 1.03 bits per heavy atom. The summed E-state index contributed by atoms with van der Waals surface area (Å²) in [6, 6.07) is 8.19. The largest absolute Gasteiger partial charge is 0.465 e. The standard InChI is InChI=1S/C57H101NO5/c1-6-10-12-14-16-18-20-22-24-26-28-31-35-40-54(41-36-32-29-27-25-23-21-19-17-15-13-11-7-2)58(47-50-61-51-48-59)46-37-33-30-34-38-49-62-57(60)52(5)53-42-44-56(45-43-53)63-55(9-4)39-8-3/h8-9,39,42-45,52,54,59H,3-4,6-7,10-38,40-41,46-51H2,1-2,5H3/b55-39+. The van der Waals surface area contributed by atoms with Crippen molar-refractivity contribution in [2.75, 3.05) is 39.5 Å². The van der Waals surface area contributed by atoms with Crippen LogP contribution in [0.1, 0.15) is 244 Å². The first-order chi connectivity index (χ1) is 31.0. The number of nitrogens with zero attached hydrogens (tertiary/aromatic N) is 1. The number of aliphatic hydroxyl groups excluding tert-OH is 1. The van der Waals surface area contributed by atoms with Crippen LogP contribution in [0.4, 0.5) is 0 Å². The van der Waals surface area contributed by atoms with E-state index in [0.29, 0.717) is 37.4 Å². The maximum Gasteiger partial charge on any atom is 0.313 e. The summed E-state index contributed by atoms with van der Waals surface area (Å²) in [5.41, 5.74) is 0.910. The number of hydrogen-bond donors (Lipinski definition) is 1. The van der Waals surface area contributed by atoms with Crippen LogP contribution in [0.3, 0.4) is 0 Å². The number of benzene rings is 1. The number of ether oxygens (including phenoxy) is 3. The molecule has 1 N–H and O–H groups in total. The van der Waals surface area contributed by atoms with Gasteiger partial charge in [-0.2, -0.15) is 0 Å². The predicted octanol–water partition coefficient (Wildman–Crippen LogP) is 16.6. The molecule has 0 bridgehead atoms. The Morgan fingerprint density at radius 3 is 1.48 bits per heavy atom. The minimum absolute atomic E-state index is 0.0872. The van der Waals surface area contributed by atoms with E-state index >= 15 is 0 Å². The van der Waals surface area contributed by atoms with Crippen LogP contribution in [0, 0.1) is 0 Å². The Balaban J connectivity index is 2.54. The third kappa shape index (κ3) is 34.6. The minimum atomic E-state index is -0.332. The van der Waals surface area contributed by atoms with Gasteiger partial charge in [-0.05, 0) is 69.0 Å². The molecular formula is C57H101NO5. The molecule has 0 fully saturated rings. The molecule has 6 heteroatoms. The van der Waals surface area contributed by atoms with Gasteiger partial charge in [-0.1, -0.05) is 231 Å². The molecule has 1 unspecified atom stereocenters. The van der Waals surface area contributed by atoms with Crippen molar-refractivity contribution in [3.05, 3.63) is 67.0 Å². The van der Waals surface area contributed by atoms with Gasteiger partial charge in [0, 0.05) is 12.6 Å². The van der Waals surface area contributed by atoms with Crippen LogP contribution in [-0.4, -0.2) is 61.5 Å². The van der Waals surface area contributed by atoms with Crippen molar-refractivity contribution in [2.24, 2.45) is 0 Å². The summed E-state index contributed by atoms with van der Waals surface area (Å²) in [6.45, 7) is 17.7. The van der Waals surface area contributed by atoms with Gasteiger partial charge in [0.15, 0.2) is 0 Å². The molecule has 0 aromatic heterocycles. The van der Waals surface area contributed by atoms with E-state index in [4.69, 9.17) is 14.2 Å². The second kappa shape index (κ2) is 44.8. The molecule has 0 aliphatic carbocycles. The average molecular weight is 880 g/mol. The number of rotatable bonds is 48. The second-order valence-electron chi connectivity index (χ2n) is 18.4. The number of carbonyl (C=O) groups is 1. The molecule has 364 valence electrons. The summed E-state index contributed by atoms with van der Waals surface area (Å²) < 4.78 is 17.3. The molecule has 0 heterocycles. The summed E-state index contributed by atoms with van der Waals surface area (Å²) >= 11 is 0. The highest BCUT2D eigenvalue weighted by Crippen LogP contribution is 2.24. The Kier molecular flexibility index (Phi) is 41.7. The highest BCUT2D eigenvalue weighted by Gasteiger charge is 2.19. The molecule has 0 radical (unpaired) electrons. The van der Waals surface area contributed by atoms with Gasteiger partial charge in [0.1, 0.15) is 11.5 Å². The molecule has 1 aromatic rings. The van der Waals surface area contributed by atoms with Gasteiger partial charge in [0.2, 0.25) is 0 Å². The van der Waals surface area contributed by atoms with Crippen LogP contribution in [0.2, 0.25) is 0 Å². The first-order valence-electron chi connectivity index (χ1n) is 26.8. The summed E-state index contributed by atoms with van der Waals surface area (Å²) in [5, 5.41) is 9.36. The maximum absolute atomic E-state index is 12.8. The van der Waals surface area contributed by atoms with Gasteiger partial charge in [-0.15, -0.1) is 0 Å². The molecule has 6 nitrogen and oxygen atoms in total. The number of unbranched alkanes of at least 4 members (excludes halogenated alkanes) is 28. The second-order valence-corrected chi connectivity index (χ2v) is 18.4. The van der Waals surface area contributed by atoms with Gasteiger partial charge in [0.05, 0.1) is 32.3 Å². The van der Waals surface area contributed by atoms with Crippen molar-refractivity contribution in [1.29, 1.82) is 0 Å². The third-order valence-electron chi connectivity index (χ3n) is 12.8. The summed E-state index contributed by atoms with van der Waals surface area (Å²) in [6.07, 6.45) is 49.5. The topological polar surface area (TPSA) is 68.2 Å². The van der Waals surface area contributed by atoms with E-state index in [2.05, 4.69) is 31.9 Å². The number of esters is 1. The van der Waals surface area contributed by atoms with Crippen molar-refractivity contribution in [2.45, 2.75) is 245 Å². The molecule has 0 saturated carbocycles. The molecule has 1 rings (SSSR count). The normalized spacial score (nSPS) is 12.3. The van der Waals surface area contributed by atoms with E-state index in [9.17, 15) is 9.90 Å². The highest BCUT2D eigenvalue weighted by atomic mass is 16.5. The van der Waals surface area contributed by atoms with E-state index in [1.807, 2.05) is 31.2 Å². The van der Waals surface area contributed by atoms with Crippen LogP contribution in [0.25, 0.3) is 0 Å². The van der Waals surface area contributed by atoms with Crippen LogP contribution >= 0.6 is 0 Å². The fourth-order valence-corrected chi connectivity index (χ4v) is 8.73. The molecule has 1 aromatic carbocycles. The van der Waals surface area contributed by atoms with Gasteiger partial charge < -0.3 is 19.3 Å². The van der Waals surface area contributed by atoms with Crippen LogP contribution in [-0.2, 0) is 14.3 Å². The monoisotopic (exact) mass is 880 g/mol. The lowest BCUT2D eigenvalue weighted by Crippen LogP contribution is -2.38. The smallest absolute Gasteiger partial charge is 0.313 e. The highest BCUT2D eigenvalue weighted by molar-refractivity contribution is 5.77. The Hall–Kier alpha value is -2.41. The molecule has 0 amide bonds. The predicted molar refractivity (Wildman–Crippen MR) is 272 cm³/mol. The zero-order valence-corrected chi connectivity index (χ0v) is 41.7. The lowest BCUT2D eigenvalue weighted by atomic mass is 9.97. The van der Waals surface area contributed by atoms with E-state index in [1.54, 1.807) is 18.2 Å². The number of allylic oxidation sites excluding steroid dienone is 3. The average Bonchev–Trinajstić information content (AvgIpc) is 3.30. The third-order valence-corrected chi connectivity index (χ3v) is 12.8. The molecule has 0 saturated heterocycles. The van der Waals surface area contributed by atoms with Gasteiger partial charge in [-0.3, -0.25) is 9.69 Å². The molecule has 63 heavy (non-hydrogen) atoms. The molecule has 0 aliphatic heterocycles. The molecule has 0 spiro atoms. The van der Waals surface area contributed by atoms with Crippen LogP contribution in [0.5, 0.6) is 5.75 Å². The fourth-order valence-electron chi connectivity index (χ4n) is 8.73. The van der Waals surface area contributed by atoms with Crippen molar-refractivity contribution in [3.63, 3.8) is 0 Å². The number of aliphatic hydroxyl groups is 1. The quantitative estimate of drug-likeness (QED) is 0.0304. The summed E-state index contributed by atoms with van der Waals surface area (Å²) in [7, 11) is 0. The van der Waals surface area contributed by atoms with Crippen molar-refractivity contribution < 1.29 is 24.1 Å². The Morgan fingerprint density at radius 1 is 0.587 bits per heavy atom. The lowest BCUT2D eigenvalue weighted by molar-refractivity contribution is -0.145. The number of hydrogen-bond acceptors (Lipinski definition) is 6. The lowest BCUT2D eigenvalue weighted by Gasteiger charge is -2.32. The zero-order valence-electron chi connectivity index (χ0n) is 41.7. The maximum atomic E-state index is 12.8. The first-order valence-corrected chi connectivity index (χ1v) is 26.8. The van der Waals surface area contributed by atoms with Gasteiger partial charge in [0.25, 0.3) is 0 Å². The molecule has 1 atom stereocenters. The first kappa shape index (κ1) is 58.6. The van der Waals surface area contributed by atoms with Crippen LogP contribution < -0.4 is 4.74 Å². The minimum Gasteiger partial charge on any atom is -0.465 e. The van der Waals surface area contributed by atoms with E-state index in [0.717, 1.165) is 37.9 Å². The van der Waals surface area contributed by atoms with E-state index in [-0.39, 0.29) is 18.5 Å². The van der Waals surface area contributed by atoms with Gasteiger partial charge in [-0.25, -0.2) is 0 Å². The van der Waals surface area contributed by atoms with Crippen molar-refractivity contribution in [3.8, 4) is 5.75 Å². The SMILES string of the molecule is C=C/C=C(\C=C)Oc1ccc(C(C)C(=O)OCCCCCCCN(CCOCCO)C(CCCCCCCCCCCCCCC)CCCCCCCCCCCCCCC)cc1. The molecule has 0 aliphatic rings. The molecular weight excluding hydrogens is 779 g/mol. The van der Waals surface area contributed by atoms with E-state index in [1.165, 1.54) is 193 Å². The van der Waals surface area contributed by atoms with E-state index < -0.39 is 0 Å². The Bertz CT molecular complexity index is 1170.